The number of rotatable bonds is 4. The fraction of sp³-hybridized carbons (Fsp3) is 0.500. The van der Waals surface area contributed by atoms with Gasteiger partial charge in [0.15, 0.2) is 0 Å². The van der Waals surface area contributed by atoms with Gasteiger partial charge in [0.2, 0.25) is 5.91 Å². The molecule has 0 aromatic heterocycles. The van der Waals surface area contributed by atoms with Gasteiger partial charge in [0.25, 0.3) is 0 Å². The Morgan fingerprint density at radius 3 is 2.32 bits per heavy atom. The molecule has 1 saturated heterocycles. The van der Waals surface area contributed by atoms with Crippen LogP contribution in [-0.2, 0) is 22.4 Å². The van der Waals surface area contributed by atoms with Crippen LogP contribution in [0.25, 0.3) is 0 Å². The largest absolute Gasteiger partial charge is 0.342 e. The van der Waals surface area contributed by atoms with Gasteiger partial charge in [-0.2, -0.15) is 0 Å². The highest BCUT2D eigenvalue weighted by molar-refractivity contribution is 5.79. The van der Waals surface area contributed by atoms with E-state index in [-0.39, 0.29) is 11.8 Å². The minimum Gasteiger partial charge on any atom is -0.342 e. The Hall–Kier alpha value is -1.64. The van der Waals surface area contributed by atoms with Crippen LogP contribution in [0, 0.1) is 5.92 Å². The highest BCUT2D eigenvalue weighted by atomic mass is 16.2. The van der Waals surface area contributed by atoms with Crippen molar-refractivity contribution >= 4 is 12.2 Å². The second-order valence-electron chi connectivity index (χ2n) is 5.20. The molecule has 0 aliphatic carbocycles. The molecule has 19 heavy (non-hydrogen) atoms. The number of carbonyl (C=O) groups is 2. The molecule has 1 aliphatic heterocycles. The molecule has 2 rings (SSSR count). The van der Waals surface area contributed by atoms with Crippen molar-refractivity contribution in [3.05, 3.63) is 35.4 Å². The minimum atomic E-state index is 0.146. The third-order valence-corrected chi connectivity index (χ3v) is 3.87. The van der Waals surface area contributed by atoms with Crippen molar-refractivity contribution in [1.82, 2.24) is 4.90 Å². The van der Waals surface area contributed by atoms with Crippen molar-refractivity contribution in [3.63, 3.8) is 0 Å². The fourth-order valence-corrected chi connectivity index (χ4v) is 2.46. The van der Waals surface area contributed by atoms with Gasteiger partial charge in [-0.1, -0.05) is 31.2 Å². The van der Waals surface area contributed by atoms with Crippen LogP contribution in [0.1, 0.15) is 30.9 Å². The maximum absolute atomic E-state index is 12.2. The van der Waals surface area contributed by atoms with E-state index in [1.165, 1.54) is 5.56 Å². The Morgan fingerprint density at radius 2 is 1.79 bits per heavy atom. The van der Waals surface area contributed by atoms with Crippen LogP contribution in [0.3, 0.4) is 0 Å². The van der Waals surface area contributed by atoms with Crippen LogP contribution < -0.4 is 0 Å². The van der Waals surface area contributed by atoms with Crippen LogP contribution in [0.15, 0.2) is 24.3 Å². The number of hydrogen-bond acceptors (Lipinski definition) is 2. The van der Waals surface area contributed by atoms with E-state index in [9.17, 15) is 9.59 Å². The van der Waals surface area contributed by atoms with E-state index >= 15 is 0 Å². The van der Waals surface area contributed by atoms with Crippen molar-refractivity contribution < 1.29 is 9.59 Å². The molecule has 1 aromatic rings. The lowest BCUT2D eigenvalue weighted by Crippen LogP contribution is -2.39. The molecule has 1 aromatic carbocycles. The molecule has 0 N–H and O–H groups in total. The molecule has 0 atom stereocenters. The number of benzene rings is 1. The van der Waals surface area contributed by atoms with Gasteiger partial charge in [0, 0.05) is 19.0 Å². The summed E-state index contributed by atoms with van der Waals surface area (Å²) in [5.41, 5.74) is 2.36. The number of likely N-dealkylation sites (tertiary alicyclic amines) is 1. The number of aldehydes is 1. The van der Waals surface area contributed by atoms with Gasteiger partial charge in [0.05, 0.1) is 6.42 Å². The molecule has 102 valence electrons. The summed E-state index contributed by atoms with van der Waals surface area (Å²) < 4.78 is 0. The molecule has 0 bridgehead atoms. The molecular weight excluding hydrogens is 238 g/mol. The van der Waals surface area contributed by atoms with E-state index in [1.807, 2.05) is 17.0 Å². The lowest BCUT2D eigenvalue weighted by Gasteiger charge is -2.29. The zero-order valence-corrected chi connectivity index (χ0v) is 11.5. The maximum Gasteiger partial charge on any atom is 0.226 e. The topological polar surface area (TPSA) is 37.4 Å². The minimum absolute atomic E-state index is 0.146. The van der Waals surface area contributed by atoms with E-state index in [4.69, 9.17) is 0 Å². The van der Waals surface area contributed by atoms with E-state index in [2.05, 4.69) is 19.1 Å². The Kier molecular flexibility index (Phi) is 4.72. The number of piperidine rings is 1. The van der Waals surface area contributed by atoms with Crippen molar-refractivity contribution in [2.45, 2.75) is 32.6 Å². The summed E-state index contributed by atoms with van der Waals surface area (Å²) in [6.45, 7) is 3.56. The summed E-state index contributed by atoms with van der Waals surface area (Å²) in [6.07, 6.45) is 4.13. The van der Waals surface area contributed by atoms with E-state index in [1.54, 1.807) is 0 Å². The van der Waals surface area contributed by atoms with E-state index in [0.717, 1.165) is 44.2 Å². The molecule has 1 fully saturated rings. The lowest BCUT2D eigenvalue weighted by molar-refractivity contribution is -0.132. The zero-order chi connectivity index (χ0) is 13.7. The molecular formula is C16H21NO2. The summed E-state index contributed by atoms with van der Waals surface area (Å²) in [4.78, 5) is 24.7. The second-order valence-corrected chi connectivity index (χ2v) is 5.20. The Bertz CT molecular complexity index is 431. The van der Waals surface area contributed by atoms with E-state index < -0.39 is 0 Å². The molecule has 1 aliphatic rings. The van der Waals surface area contributed by atoms with E-state index in [0.29, 0.717) is 6.42 Å². The predicted molar refractivity (Wildman–Crippen MR) is 74.9 cm³/mol. The first-order valence-electron chi connectivity index (χ1n) is 7.03. The summed E-state index contributed by atoms with van der Waals surface area (Å²) in [5.74, 6) is 0.321. The number of nitrogens with zero attached hydrogens (tertiary/aromatic N) is 1. The average molecular weight is 259 g/mol. The summed E-state index contributed by atoms with van der Waals surface area (Å²) in [7, 11) is 0. The van der Waals surface area contributed by atoms with Crippen LogP contribution in [-0.4, -0.2) is 30.2 Å². The second kappa shape index (κ2) is 6.50. The number of amides is 1. The highest BCUT2D eigenvalue weighted by Gasteiger charge is 2.22. The number of carbonyl (C=O) groups excluding carboxylic acids is 2. The summed E-state index contributed by atoms with van der Waals surface area (Å²) >= 11 is 0. The first kappa shape index (κ1) is 13.8. The Labute approximate surface area is 114 Å². The van der Waals surface area contributed by atoms with Gasteiger partial charge >= 0.3 is 0 Å². The standard InChI is InChI=1S/C16H21NO2/c1-2-13-3-5-14(6-4-13)11-16(19)17-9-7-15(12-18)8-10-17/h3-6,12,15H,2,7-11H2,1H3. The summed E-state index contributed by atoms with van der Waals surface area (Å²) in [6, 6.07) is 8.24. The third kappa shape index (κ3) is 3.66. The molecule has 3 heteroatoms. The van der Waals surface area contributed by atoms with Crippen molar-refractivity contribution in [1.29, 1.82) is 0 Å². The van der Waals surface area contributed by atoms with Gasteiger partial charge < -0.3 is 9.69 Å². The molecule has 0 spiro atoms. The van der Waals surface area contributed by atoms with Crippen LogP contribution >= 0.6 is 0 Å². The number of hydrogen-bond donors (Lipinski definition) is 0. The van der Waals surface area contributed by atoms with Crippen LogP contribution in [0.4, 0.5) is 0 Å². The molecule has 0 radical (unpaired) electrons. The smallest absolute Gasteiger partial charge is 0.226 e. The molecule has 1 heterocycles. The normalized spacial score (nSPS) is 16.4. The van der Waals surface area contributed by atoms with Crippen molar-refractivity contribution in [2.75, 3.05) is 13.1 Å². The monoisotopic (exact) mass is 259 g/mol. The quantitative estimate of drug-likeness (QED) is 0.778. The molecule has 0 saturated carbocycles. The first-order chi connectivity index (χ1) is 9.22. The average Bonchev–Trinajstić information content (AvgIpc) is 2.48. The zero-order valence-electron chi connectivity index (χ0n) is 11.5. The Morgan fingerprint density at radius 1 is 1.21 bits per heavy atom. The van der Waals surface area contributed by atoms with Gasteiger partial charge in [-0.05, 0) is 30.4 Å². The third-order valence-electron chi connectivity index (χ3n) is 3.87. The molecule has 0 unspecified atom stereocenters. The molecule has 1 amide bonds. The fourth-order valence-electron chi connectivity index (χ4n) is 2.46. The van der Waals surface area contributed by atoms with Crippen LogP contribution in [0.5, 0.6) is 0 Å². The predicted octanol–water partition coefficient (Wildman–Crippen LogP) is 2.23. The highest BCUT2D eigenvalue weighted by Crippen LogP contribution is 2.16. The van der Waals surface area contributed by atoms with Gasteiger partial charge in [0.1, 0.15) is 6.29 Å². The SMILES string of the molecule is CCc1ccc(CC(=O)N2CCC(C=O)CC2)cc1. The molecule has 3 nitrogen and oxygen atoms in total. The van der Waals surface area contributed by atoms with Crippen molar-refractivity contribution in [3.8, 4) is 0 Å². The lowest BCUT2D eigenvalue weighted by atomic mass is 9.98. The maximum atomic E-state index is 12.2. The Balaban J connectivity index is 1.88. The van der Waals surface area contributed by atoms with Crippen LogP contribution in [0.2, 0.25) is 0 Å². The van der Waals surface area contributed by atoms with Gasteiger partial charge in [-0.3, -0.25) is 4.79 Å². The van der Waals surface area contributed by atoms with Gasteiger partial charge in [-0.15, -0.1) is 0 Å². The van der Waals surface area contributed by atoms with Gasteiger partial charge in [-0.25, -0.2) is 0 Å². The van der Waals surface area contributed by atoms with Crippen molar-refractivity contribution in [2.24, 2.45) is 5.92 Å². The number of aryl methyl sites for hydroxylation is 1. The summed E-state index contributed by atoms with van der Waals surface area (Å²) in [5, 5.41) is 0. The first-order valence-corrected chi connectivity index (χ1v) is 7.03.